The molecule has 18 heavy (non-hydrogen) atoms. The highest BCUT2D eigenvalue weighted by Crippen LogP contribution is 2.26. The summed E-state index contributed by atoms with van der Waals surface area (Å²) in [5.74, 6) is 0.884. The summed E-state index contributed by atoms with van der Waals surface area (Å²) < 4.78 is 9.73. The van der Waals surface area contributed by atoms with Crippen LogP contribution < -0.4 is 4.74 Å². The predicted octanol–water partition coefficient (Wildman–Crippen LogP) is 4.14. The lowest BCUT2D eigenvalue weighted by atomic mass is 10.2. The summed E-state index contributed by atoms with van der Waals surface area (Å²) in [5, 5.41) is 4.34. The van der Waals surface area contributed by atoms with Gasteiger partial charge in [0.25, 0.3) is 0 Å². The number of hydrogen-bond acceptors (Lipinski definition) is 2. The smallest absolute Gasteiger partial charge is 0.131 e. The maximum absolute atomic E-state index is 5.86. The Balaban J connectivity index is 2.19. The molecule has 3 nitrogen and oxygen atoms in total. The molecule has 2 rings (SSSR count). The third-order valence-corrected chi connectivity index (χ3v) is 4.30. The molecule has 0 N–H and O–H groups in total. The van der Waals surface area contributed by atoms with Gasteiger partial charge in [0.15, 0.2) is 0 Å². The lowest BCUT2D eigenvalue weighted by Gasteiger charge is -2.10. The van der Waals surface area contributed by atoms with Crippen molar-refractivity contribution < 1.29 is 4.74 Å². The van der Waals surface area contributed by atoms with Crippen molar-refractivity contribution in [2.75, 3.05) is 0 Å². The first kappa shape index (κ1) is 13.6. The Morgan fingerprint density at radius 3 is 2.61 bits per heavy atom. The average Bonchev–Trinajstić information content (AvgIpc) is 2.55. The number of hydrogen-bond donors (Lipinski definition) is 0. The molecule has 0 spiro atoms. The summed E-state index contributed by atoms with van der Waals surface area (Å²) in [6, 6.07) is 6.02. The molecule has 5 heteroatoms. The van der Waals surface area contributed by atoms with E-state index in [1.807, 2.05) is 43.8 Å². The molecule has 1 heterocycles. The zero-order valence-corrected chi connectivity index (χ0v) is 13.7. The number of halogens is 2. The minimum Gasteiger partial charge on any atom is -0.487 e. The normalized spacial score (nSPS) is 10.7. The fraction of sp³-hybridized carbons (Fsp3) is 0.308. The van der Waals surface area contributed by atoms with E-state index in [0.717, 1.165) is 31.6 Å². The number of benzene rings is 1. The second kappa shape index (κ2) is 5.45. The van der Waals surface area contributed by atoms with E-state index in [9.17, 15) is 0 Å². The summed E-state index contributed by atoms with van der Waals surface area (Å²) >= 11 is 6.98. The Morgan fingerprint density at radius 2 is 2.00 bits per heavy atom. The SMILES string of the molecule is Cc1ccc(Br)cc1OCc1c(Br)c(C)nn1C. The Bertz CT molecular complexity index is 579. The molecule has 0 unspecified atom stereocenters. The molecule has 0 saturated heterocycles. The highest BCUT2D eigenvalue weighted by atomic mass is 79.9. The maximum Gasteiger partial charge on any atom is 0.131 e. The summed E-state index contributed by atoms with van der Waals surface area (Å²) in [5.41, 5.74) is 3.13. The van der Waals surface area contributed by atoms with Gasteiger partial charge in [0.1, 0.15) is 12.4 Å². The van der Waals surface area contributed by atoms with E-state index in [0.29, 0.717) is 6.61 Å². The number of aromatic nitrogens is 2. The van der Waals surface area contributed by atoms with Crippen LogP contribution in [0.1, 0.15) is 17.0 Å². The monoisotopic (exact) mass is 372 g/mol. The lowest BCUT2D eigenvalue weighted by Crippen LogP contribution is -2.04. The number of rotatable bonds is 3. The number of nitrogens with zero attached hydrogens (tertiary/aromatic N) is 2. The molecule has 96 valence electrons. The van der Waals surface area contributed by atoms with E-state index in [4.69, 9.17) is 4.74 Å². The zero-order chi connectivity index (χ0) is 13.3. The predicted molar refractivity (Wildman–Crippen MR) is 78.9 cm³/mol. The molecule has 0 aliphatic carbocycles. The largest absolute Gasteiger partial charge is 0.487 e. The highest BCUT2D eigenvalue weighted by molar-refractivity contribution is 9.10. The molecule has 2 aromatic rings. The first-order chi connectivity index (χ1) is 8.49. The van der Waals surface area contributed by atoms with Gasteiger partial charge in [0.05, 0.1) is 15.9 Å². The molecular weight excluding hydrogens is 360 g/mol. The Labute approximate surface area is 123 Å². The van der Waals surface area contributed by atoms with E-state index in [1.54, 1.807) is 0 Å². The Morgan fingerprint density at radius 1 is 1.28 bits per heavy atom. The fourth-order valence-electron chi connectivity index (χ4n) is 1.71. The van der Waals surface area contributed by atoms with Crippen molar-refractivity contribution in [2.24, 2.45) is 7.05 Å². The number of ether oxygens (including phenoxy) is 1. The lowest BCUT2D eigenvalue weighted by molar-refractivity contribution is 0.292. The maximum atomic E-state index is 5.86. The average molecular weight is 374 g/mol. The van der Waals surface area contributed by atoms with Crippen LogP contribution in [0.2, 0.25) is 0 Å². The summed E-state index contributed by atoms with van der Waals surface area (Å²) in [6.45, 7) is 4.50. The van der Waals surface area contributed by atoms with Crippen LogP contribution in [-0.4, -0.2) is 9.78 Å². The Kier molecular flexibility index (Phi) is 4.12. The molecule has 0 saturated carbocycles. The van der Waals surface area contributed by atoms with Crippen molar-refractivity contribution in [1.82, 2.24) is 9.78 Å². The first-order valence-corrected chi connectivity index (χ1v) is 7.14. The summed E-state index contributed by atoms with van der Waals surface area (Å²) in [4.78, 5) is 0. The summed E-state index contributed by atoms with van der Waals surface area (Å²) in [7, 11) is 1.92. The van der Waals surface area contributed by atoms with Crippen LogP contribution in [0.5, 0.6) is 5.75 Å². The van der Waals surface area contributed by atoms with Gasteiger partial charge in [-0.1, -0.05) is 22.0 Å². The van der Waals surface area contributed by atoms with Crippen LogP contribution in [0.15, 0.2) is 27.1 Å². The molecule has 1 aromatic heterocycles. The van der Waals surface area contributed by atoms with Gasteiger partial charge < -0.3 is 4.74 Å². The van der Waals surface area contributed by atoms with Crippen molar-refractivity contribution >= 4 is 31.9 Å². The van der Waals surface area contributed by atoms with Crippen molar-refractivity contribution in [3.05, 3.63) is 44.1 Å². The van der Waals surface area contributed by atoms with Gasteiger partial charge >= 0.3 is 0 Å². The molecule has 0 amide bonds. The Hall–Kier alpha value is -0.810. The van der Waals surface area contributed by atoms with E-state index in [-0.39, 0.29) is 0 Å². The highest BCUT2D eigenvalue weighted by Gasteiger charge is 2.11. The van der Waals surface area contributed by atoms with Crippen LogP contribution >= 0.6 is 31.9 Å². The standard InChI is InChI=1S/C13H14Br2N2O/c1-8-4-5-10(14)6-12(8)18-7-11-13(15)9(2)16-17(11)3/h4-6H,7H2,1-3H3. The molecular formula is C13H14Br2N2O. The van der Waals surface area contributed by atoms with Crippen LogP contribution in [-0.2, 0) is 13.7 Å². The number of aryl methyl sites for hydroxylation is 3. The third kappa shape index (κ3) is 2.78. The zero-order valence-electron chi connectivity index (χ0n) is 10.5. The van der Waals surface area contributed by atoms with Gasteiger partial charge in [0.2, 0.25) is 0 Å². The molecule has 0 aliphatic heterocycles. The van der Waals surface area contributed by atoms with Crippen molar-refractivity contribution in [3.8, 4) is 5.75 Å². The van der Waals surface area contributed by atoms with E-state index >= 15 is 0 Å². The van der Waals surface area contributed by atoms with Crippen LogP contribution in [0.3, 0.4) is 0 Å². The second-order valence-corrected chi connectivity index (χ2v) is 5.88. The van der Waals surface area contributed by atoms with E-state index in [1.165, 1.54) is 0 Å². The third-order valence-electron chi connectivity index (χ3n) is 2.78. The molecule has 0 atom stereocenters. The quantitative estimate of drug-likeness (QED) is 0.808. The second-order valence-electron chi connectivity index (χ2n) is 4.17. The van der Waals surface area contributed by atoms with Gasteiger partial charge in [-0.3, -0.25) is 4.68 Å². The van der Waals surface area contributed by atoms with Gasteiger partial charge in [-0.05, 0) is 47.5 Å². The fourth-order valence-corrected chi connectivity index (χ4v) is 2.50. The molecule has 0 bridgehead atoms. The topological polar surface area (TPSA) is 27.1 Å². The van der Waals surface area contributed by atoms with Crippen LogP contribution in [0.4, 0.5) is 0 Å². The molecule has 1 aromatic carbocycles. The van der Waals surface area contributed by atoms with Crippen molar-refractivity contribution in [3.63, 3.8) is 0 Å². The van der Waals surface area contributed by atoms with Crippen molar-refractivity contribution in [1.29, 1.82) is 0 Å². The minimum atomic E-state index is 0.495. The first-order valence-electron chi connectivity index (χ1n) is 5.56. The van der Waals surface area contributed by atoms with Gasteiger partial charge in [0, 0.05) is 11.5 Å². The van der Waals surface area contributed by atoms with Gasteiger partial charge in [-0.2, -0.15) is 5.10 Å². The van der Waals surface area contributed by atoms with Crippen LogP contribution in [0, 0.1) is 13.8 Å². The molecule has 0 aliphatic rings. The molecule has 0 radical (unpaired) electrons. The van der Waals surface area contributed by atoms with Gasteiger partial charge in [-0.15, -0.1) is 0 Å². The van der Waals surface area contributed by atoms with E-state index in [2.05, 4.69) is 37.0 Å². The van der Waals surface area contributed by atoms with Crippen molar-refractivity contribution in [2.45, 2.75) is 20.5 Å². The minimum absolute atomic E-state index is 0.495. The van der Waals surface area contributed by atoms with E-state index < -0.39 is 0 Å². The van der Waals surface area contributed by atoms with Crippen LogP contribution in [0.25, 0.3) is 0 Å². The molecule has 0 fully saturated rings. The summed E-state index contributed by atoms with van der Waals surface area (Å²) in [6.07, 6.45) is 0. The van der Waals surface area contributed by atoms with Gasteiger partial charge in [-0.25, -0.2) is 0 Å².